The van der Waals surface area contributed by atoms with Gasteiger partial charge in [0.25, 0.3) is 0 Å². The van der Waals surface area contributed by atoms with Gasteiger partial charge >= 0.3 is 0 Å². The molecule has 0 aliphatic carbocycles. The van der Waals surface area contributed by atoms with E-state index in [2.05, 4.69) is 24.5 Å². The topological polar surface area (TPSA) is 58.2 Å². The Morgan fingerprint density at radius 2 is 1.75 bits per heavy atom. The number of rotatable bonds is 7. The van der Waals surface area contributed by atoms with Crippen LogP contribution >= 0.6 is 0 Å². The first-order valence-corrected chi connectivity index (χ1v) is 7.07. The minimum atomic E-state index is -0.240. The lowest BCUT2D eigenvalue weighted by molar-refractivity contribution is -0.129. The first kappa shape index (κ1) is 16.2. The fraction of sp³-hybridized carbons (Fsp3) is 0.500. The average Bonchev–Trinajstić information content (AvgIpc) is 2.37. The van der Waals surface area contributed by atoms with E-state index in [0.29, 0.717) is 19.0 Å². The summed E-state index contributed by atoms with van der Waals surface area (Å²) in [6.45, 7) is 7.29. The maximum atomic E-state index is 11.7. The molecule has 0 spiro atoms. The highest BCUT2D eigenvalue weighted by Crippen LogP contribution is 2.06. The van der Waals surface area contributed by atoms with Crippen LogP contribution in [0.4, 0.5) is 0 Å². The van der Waals surface area contributed by atoms with Crippen molar-refractivity contribution in [1.29, 1.82) is 0 Å². The fourth-order valence-corrected chi connectivity index (χ4v) is 1.77. The number of nitrogens with one attached hydrogen (secondary N) is 2. The zero-order valence-electron chi connectivity index (χ0n) is 12.5. The number of aryl methyl sites for hydroxylation is 1. The molecule has 1 aromatic carbocycles. The van der Waals surface area contributed by atoms with Crippen LogP contribution in [0.3, 0.4) is 0 Å². The third kappa shape index (κ3) is 6.36. The van der Waals surface area contributed by atoms with E-state index in [9.17, 15) is 9.59 Å². The molecular formula is C16H24N2O2. The van der Waals surface area contributed by atoms with Gasteiger partial charge in [-0.3, -0.25) is 9.59 Å². The monoisotopic (exact) mass is 276 g/mol. The lowest BCUT2D eigenvalue weighted by Gasteiger charge is -2.09. The zero-order valence-corrected chi connectivity index (χ0v) is 12.5. The van der Waals surface area contributed by atoms with Crippen molar-refractivity contribution in [3.8, 4) is 0 Å². The van der Waals surface area contributed by atoms with Gasteiger partial charge in [0.1, 0.15) is 6.42 Å². The van der Waals surface area contributed by atoms with Crippen LogP contribution in [0, 0.1) is 12.8 Å². The largest absolute Gasteiger partial charge is 0.356 e. The first-order chi connectivity index (χ1) is 9.49. The molecule has 2 amide bonds. The summed E-state index contributed by atoms with van der Waals surface area (Å²) < 4.78 is 0. The van der Waals surface area contributed by atoms with Gasteiger partial charge in [-0.15, -0.1) is 0 Å². The Hall–Kier alpha value is -1.84. The Bertz CT molecular complexity index is 456. The van der Waals surface area contributed by atoms with Crippen LogP contribution in [0.2, 0.25) is 0 Å². The molecule has 0 radical (unpaired) electrons. The third-order valence-electron chi connectivity index (χ3n) is 3.10. The number of amides is 2. The van der Waals surface area contributed by atoms with E-state index in [4.69, 9.17) is 0 Å². The molecule has 0 unspecified atom stereocenters. The quantitative estimate of drug-likeness (QED) is 0.750. The summed E-state index contributed by atoms with van der Waals surface area (Å²) in [5, 5.41) is 5.52. The zero-order chi connectivity index (χ0) is 15.0. The smallest absolute Gasteiger partial charge is 0.229 e. The van der Waals surface area contributed by atoms with Crippen molar-refractivity contribution in [1.82, 2.24) is 10.6 Å². The van der Waals surface area contributed by atoms with Gasteiger partial charge in [-0.1, -0.05) is 38.1 Å². The summed E-state index contributed by atoms with van der Waals surface area (Å²) in [6.07, 6.45) is 0.820. The third-order valence-corrected chi connectivity index (χ3v) is 3.10. The van der Waals surface area contributed by atoms with Gasteiger partial charge in [0.15, 0.2) is 0 Å². The molecular weight excluding hydrogens is 252 g/mol. The highest BCUT2D eigenvalue weighted by atomic mass is 16.2. The Balaban J connectivity index is 2.26. The molecule has 1 aromatic rings. The summed E-state index contributed by atoms with van der Waals surface area (Å²) in [5.41, 5.74) is 2.20. The van der Waals surface area contributed by atoms with Gasteiger partial charge < -0.3 is 10.6 Å². The summed E-state index contributed by atoms with van der Waals surface area (Å²) in [5.74, 6) is 0.0911. The van der Waals surface area contributed by atoms with Crippen LogP contribution in [-0.4, -0.2) is 18.4 Å². The number of benzene rings is 1. The molecule has 0 aromatic heterocycles. The van der Waals surface area contributed by atoms with Crippen molar-refractivity contribution in [3.05, 3.63) is 35.4 Å². The Labute approximate surface area is 121 Å². The van der Waals surface area contributed by atoms with E-state index >= 15 is 0 Å². The van der Waals surface area contributed by atoms with Gasteiger partial charge in [0.05, 0.1) is 0 Å². The predicted molar refractivity (Wildman–Crippen MR) is 80.1 cm³/mol. The molecule has 1 rings (SSSR count). The Morgan fingerprint density at radius 1 is 1.10 bits per heavy atom. The van der Waals surface area contributed by atoms with Gasteiger partial charge in [0.2, 0.25) is 11.8 Å². The van der Waals surface area contributed by atoms with Crippen molar-refractivity contribution >= 4 is 11.8 Å². The van der Waals surface area contributed by atoms with Crippen LogP contribution in [-0.2, 0) is 16.1 Å². The van der Waals surface area contributed by atoms with Crippen LogP contribution in [0.1, 0.15) is 37.8 Å². The summed E-state index contributed by atoms with van der Waals surface area (Å²) >= 11 is 0. The molecule has 4 heteroatoms. The normalized spacial score (nSPS) is 10.4. The van der Waals surface area contributed by atoms with Gasteiger partial charge in [0, 0.05) is 13.1 Å². The summed E-state index contributed by atoms with van der Waals surface area (Å²) in [4.78, 5) is 23.2. The van der Waals surface area contributed by atoms with E-state index in [-0.39, 0.29) is 18.2 Å². The maximum Gasteiger partial charge on any atom is 0.229 e. The molecule has 0 bridgehead atoms. The molecule has 0 heterocycles. The van der Waals surface area contributed by atoms with Crippen LogP contribution in [0.5, 0.6) is 0 Å². The highest BCUT2D eigenvalue weighted by molar-refractivity contribution is 5.96. The molecule has 4 nitrogen and oxygen atoms in total. The second kappa shape index (κ2) is 8.35. The lowest BCUT2D eigenvalue weighted by atomic mass is 10.1. The van der Waals surface area contributed by atoms with E-state index < -0.39 is 0 Å². The van der Waals surface area contributed by atoms with Crippen molar-refractivity contribution in [2.45, 2.75) is 40.2 Å². The van der Waals surface area contributed by atoms with Crippen LogP contribution in [0.15, 0.2) is 24.3 Å². The molecule has 20 heavy (non-hydrogen) atoms. The molecule has 0 saturated heterocycles. The van der Waals surface area contributed by atoms with E-state index in [1.807, 2.05) is 31.2 Å². The first-order valence-electron chi connectivity index (χ1n) is 7.07. The molecule has 110 valence electrons. The van der Waals surface area contributed by atoms with E-state index in [1.54, 1.807) is 0 Å². The second-order valence-corrected chi connectivity index (χ2v) is 5.41. The predicted octanol–water partition coefficient (Wildman–Crippen LogP) is 2.16. The van der Waals surface area contributed by atoms with Crippen molar-refractivity contribution in [2.24, 2.45) is 5.92 Å². The molecule has 0 fully saturated rings. The van der Waals surface area contributed by atoms with Crippen molar-refractivity contribution in [3.63, 3.8) is 0 Å². The fourth-order valence-electron chi connectivity index (χ4n) is 1.77. The number of hydrogen-bond donors (Lipinski definition) is 2. The van der Waals surface area contributed by atoms with E-state index in [0.717, 1.165) is 17.5 Å². The Morgan fingerprint density at radius 3 is 2.40 bits per heavy atom. The van der Waals surface area contributed by atoms with Crippen LogP contribution < -0.4 is 10.6 Å². The molecule has 0 atom stereocenters. The average molecular weight is 276 g/mol. The summed E-state index contributed by atoms with van der Waals surface area (Å²) in [7, 11) is 0. The highest BCUT2D eigenvalue weighted by Gasteiger charge is 2.09. The standard InChI is InChI=1S/C16H24N2O2/c1-12(2)8-9-17-15(19)10-16(20)18-11-14-7-5-4-6-13(14)3/h4-7,12H,8-11H2,1-3H3,(H,17,19)(H,18,20). The minimum absolute atomic E-state index is 0.107. The molecule has 0 saturated carbocycles. The van der Waals surface area contributed by atoms with Gasteiger partial charge in [-0.05, 0) is 30.4 Å². The Kier molecular flexibility index (Phi) is 6.77. The van der Waals surface area contributed by atoms with Crippen molar-refractivity contribution < 1.29 is 9.59 Å². The summed E-state index contributed by atoms with van der Waals surface area (Å²) in [6, 6.07) is 7.87. The van der Waals surface area contributed by atoms with E-state index in [1.165, 1.54) is 0 Å². The maximum absolute atomic E-state index is 11.7. The lowest BCUT2D eigenvalue weighted by Crippen LogP contribution is -2.32. The molecule has 0 aliphatic heterocycles. The van der Waals surface area contributed by atoms with Gasteiger partial charge in [-0.2, -0.15) is 0 Å². The van der Waals surface area contributed by atoms with Gasteiger partial charge in [-0.25, -0.2) is 0 Å². The SMILES string of the molecule is Cc1ccccc1CNC(=O)CC(=O)NCCC(C)C. The molecule has 2 N–H and O–H groups in total. The minimum Gasteiger partial charge on any atom is -0.356 e. The van der Waals surface area contributed by atoms with Crippen molar-refractivity contribution in [2.75, 3.05) is 6.54 Å². The van der Waals surface area contributed by atoms with Crippen LogP contribution in [0.25, 0.3) is 0 Å². The number of hydrogen-bond acceptors (Lipinski definition) is 2. The number of carbonyl (C=O) groups is 2. The second-order valence-electron chi connectivity index (χ2n) is 5.41. The molecule has 0 aliphatic rings. The number of carbonyl (C=O) groups excluding carboxylic acids is 2.